The summed E-state index contributed by atoms with van der Waals surface area (Å²) in [7, 11) is 0. The second-order valence-electron chi connectivity index (χ2n) is 4.83. The molecule has 0 aliphatic carbocycles. The molecule has 0 spiro atoms. The summed E-state index contributed by atoms with van der Waals surface area (Å²) in [6.45, 7) is 8.63. The zero-order valence-electron chi connectivity index (χ0n) is 10.2. The van der Waals surface area contributed by atoms with Gasteiger partial charge in [-0.1, -0.05) is 52.2 Å². The first-order chi connectivity index (χ1) is 6.52. The van der Waals surface area contributed by atoms with Crippen molar-refractivity contribution >= 4 is 0 Å². The lowest BCUT2D eigenvalue weighted by molar-refractivity contribution is 0.243. The van der Waals surface area contributed by atoms with Gasteiger partial charge in [0, 0.05) is 0 Å². The average Bonchev–Trinajstić information content (AvgIpc) is 2.02. The van der Waals surface area contributed by atoms with E-state index in [1.165, 1.54) is 19.3 Å². The molecule has 0 aromatic heterocycles. The molecular weight excluding hydrogens is 172 g/mol. The number of aliphatic hydroxyl groups excluding tert-OH is 1. The molecule has 84 valence electrons. The van der Waals surface area contributed by atoms with E-state index >= 15 is 0 Å². The van der Waals surface area contributed by atoms with Gasteiger partial charge in [0.05, 0.1) is 6.10 Å². The third kappa shape index (κ3) is 9.79. The fourth-order valence-corrected chi connectivity index (χ4v) is 1.50. The van der Waals surface area contributed by atoms with E-state index in [2.05, 4.69) is 26.8 Å². The molecule has 0 aliphatic heterocycles. The van der Waals surface area contributed by atoms with E-state index in [1.54, 1.807) is 6.92 Å². The number of rotatable bonds is 7. The molecule has 0 fully saturated rings. The maximum atomic E-state index is 9.03. The van der Waals surface area contributed by atoms with Gasteiger partial charge in [-0.05, 0) is 25.2 Å². The first-order valence-electron chi connectivity index (χ1n) is 5.87. The average molecular weight is 198 g/mol. The minimum atomic E-state index is -0.294. The Morgan fingerprint density at radius 2 is 1.71 bits per heavy atom. The van der Waals surface area contributed by atoms with Gasteiger partial charge in [0.25, 0.3) is 0 Å². The fourth-order valence-electron chi connectivity index (χ4n) is 1.50. The lowest BCUT2D eigenvalue weighted by atomic mass is 9.97. The Morgan fingerprint density at radius 1 is 1.07 bits per heavy atom. The number of hydrogen-bond donors (Lipinski definition) is 1. The molecule has 0 aliphatic rings. The summed E-state index contributed by atoms with van der Waals surface area (Å²) in [4.78, 5) is 0. The van der Waals surface area contributed by atoms with Crippen LogP contribution in [0.25, 0.3) is 0 Å². The second-order valence-corrected chi connectivity index (χ2v) is 4.83. The van der Waals surface area contributed by atoms with Crippen molar-refractivity contribution in [3.8, 4) is 0 Å². The molecule has 0 bridgehead atoms. The van der Waals surface area contributed by atoms with Crippen molar-refractivity contribution in [1.82, 2.24) is 0 Å². The monoisotopic (exact) mass is 198 g/mol. The SMILES string of the molecule is CC(O)C=CC[C@H](C)CCCC(C)C. The van der Waals surface area contributed by atoms with Gasteiger partial charge in [-0.15, -0.1) is 0 Å². The zero-order chi connectivity index (χ0) is 11.0. The molecule has 0 saturated carbocycles. The molecule has 0 heterocycles. The van der Waals surface area contributed by atoms with Crippen LogP contribution in [0.4, 0.5) is 0 Å². The molecule has 1 heteroatoms. The summed E-state index contributed by atoms with van der Waals surface area (Å²) in [5.41, 5.74) is 0. The third-order valence-corrected chi connectivity index (χ3v) is 2.43. The van der Waals surface area contributed by atoms with E-state index in [4.69, 9.17) is 5.11 Å². The van der Waals surface area contributed by atoms with Crippen LogP contribution in [0.3, 0.4) is 0 Å². The number of aliphatic hydroxyl groups is 1. The lowest BCUT2D eigenvalue weighted by Crippen LogP contribution is -1.97. The molecule has 0 aromatic rings. The molecule has 0 rings (SSSR count). The van der Waals surface area contributed by atoms with Crippen LogP contribution in [0.15, 0.2) is 12.2 Å². The molecule has 0 amide bonds. The van der Waals surface area contributed by atoms with Crippen LogP contribution in [0, 0.1) is 11.8 Å². The van der Waals surface area contributed by atoms with Crippen LogP contribution in [-0.2, 0) is 0 Å². The van der Waals surface area contributed by atoms with Gasteiger partial charge in [0.15, 0.2) is 0 Å². The van der Waals surface area contributed by atoms with Gasteiger partial charge in [-0.2, -0.15) is 0 Å². The smallest absolute Gasteiger partial charge is 0.0692 e. The Labute approximate surface area is 89.2 Å². The van der Waals surface area contributed by atoms with Crippen molar-refractivity contribution in [2.45, 2.75) is 59.5 Å². The number of allylic oxidation sites excluding steroid dienone is 1. The maximum Gasteiger partial charge on any atom is 0.0692 e. The topological polar surface area (TPSA) is 20.2 Å². The van der Waals surface area contributed by atoms with E-state index in [1.807, 2.05) is 6.08 Å². The molecular formula is C13H26O. The van der Waals surface area contributed by atoms with Crippen molar-refractivity contribution in [2.24, 2.45) is 11.8 Å². The van der Waals surface area contributed by atoms with Gasteiger partial charge >= 0.3 is 0 Å². The van der Waals surface area contributed by atoms with Crippen LogP contribution in [0.2, 0.25) is 0 Å². The van der Waals surface area contributed by atoms with Crippen molar-refractivity contribution in [3.63, 3.8) is 0 Å². The molecule has 0 saturated heterocycles. The summed E-state index contributed by atoms with van der Waals surface area (Å²) in [6.07, 6.45) is 8.76. The van der Waals surface area contributed by atoms with Crippen molar-refractivity contribution in [1.29, 1.82) is 0 Å². The van der Waals surface area contributed by atoms with Crippen LogP contribution < -0.4 is 0 Å². The van der Waals surface area contributed by atoms with Gasteiger partial charge in [-0.3, -0.25) is 0 Å². The summed E-state index contributed by atoms with van der Waals surface area (Å²) in [5.74, 6) is 1.58. The molecule has 14 heavy (non-hydrogen) atoms. The van der Waals surface area contributed by atoms with E-state index in [9.17, 15) is 0 Å². The zero-order valence-corrected chi connectivity index (χ0v) is 10.2. The third-order valence-electron chi connectivity index (χ3n) is 2.43. The summed E-state index contributed by atoms with van der Waals surface area (Å²) in [6, 6.07) is 0. The molecule has 0 aromatic carbocycles. The van der Waals surface area contributed by atoms with Crippen LogP contribution in [-0.4, -0.2) is 11.2 Å². The largest absolute Gasteiger partial charge is 0.389 e. The quantitative estimate of drug-likeness (QED) is 0.617. The van der Waals surface area contributed by atoms with Gasteiger partial charge < -0.3 is 5.11 Å². The summed E-state index contributed by atoms with van der Waals surface area (Å²) < 4.78 is 0. The highest BCUT2D eigenvalue weighted by atomic mass is 16.3. The Kier molecular flexibility index (Phi) is 7.87. The van der Waals surface area contributed by atoms with E-state index in [0.717, 1.165) is 18.3 Å². The standard InChI is InChI=1S/C13H26O/c1-11(2)7-5-8-12(3)9-6-10-13(4)14/h6,10-14H,5,7-9H2,1-4H3/t12-,13?/m1/s1. The first-order valence-corrected chi connectivity index (χ1v) is 5.87. The fraction of sp³-hybridized carbons (Fsp3) is 0.846. The predicted octanol–water partition coefficient (Wildman–Crippen LogP) is 3.78. The van der Waals surface area contributed by atoms with Gasteiger partial charge in [0.1, 0.15) is 0 Å². The minimum absolute atomic E-state index is 0.294. The predicted molar refractivity (Wildman–Crippen MR) is 63.3 cm³/mol. The molecule has 0 radical (unpaired) electrons. The second kappa shape index (κ2) is 8.05. The Balaban J connectivity index is 3.41. The highest BCUT2D eigenvalue weighted by Gasteiger charge is 2.01. The van der Waals surface area contributed by atoms with Crippen LogP contribution in [0.5, 0.6) is 0 Å². The Bertz CT molecular complexity index is 147. The molecule has 1 N–H and O–H groups in total. The van der Waals surface area contributed by atoms with E-state index < -0.39 is 0 Å². The van der Waals surface area contributed by atoms with Crippen molar-refractivity contribution in [2.75, 3.05) is 0 Å². The number of hydrogen-bond acceptors (Lipinski definition) is 1. The molecule has 2 atom stereocenters. The highest BCUT2D eigenvalue weighted by molar-refractivity contribution is 4.87. The molecule has 1 nitrogen and oxygen atoms in total. The van der Waals surface area contributed by atoms with Crippen LogP contribution >= 0.6 is 0 Å². The first kappa shape index (κ1) is 13.7. The highest BCUT2D eigenvalue weighted by Crippen LogP contribution is 2.15. The summed E-state index contributed by atoms with van der Waals surface area (Å²) in [5, 5.41) is 9.03. The normalized spacial score (nSPS) is 16.4. The lowest BCUT2D eigenvalue weighted by Gasteiger charge is -2.09. The van der Waals surface area contributed by atoms with Gasteiger partial charge in [-0.25, -0.2) is 0 Å². The van der Waals surface area contributed by atoms with Crippen molar-refractivity contribution in [3.05, 3.63) is 12.2 Å². The van der Waals surface area contributed by atoms with Crippen LogP contribution in [0.1, 0.15) is 53.4 Å². The Morgan fingerprint density at radius 3 is 2.21 bits per heavy atom. The molecule has 1 unspecified atom stereocenters. The Hall–Kier alpha value is -0.300. The minimum Gasteiger partial charge on any atom is -0.389 e. The van der Waals surface area contributed by atoms with E-state index in [-0.39, 0.29) is 6.10 Å². The van der Waals surface area contributed by atoms with Gasteiger partial charge in [0.2, 0.25) is 0 Å². The van der Waals surface area contributed by atoms with E-state index in [0.29, 0.717) is 0 Å². The summed E-state index contributed by atoms with van der Waals surface area (Å²) >= 11 is 0. The van der Waals surface area contributed by atoms with Crippen molar-refractivity contribution < 1.29 is 5.11 Å². The maximum absolute atomic E-state index is 9.03.